The molecule has 0 radical (unpaired) electrons. The molecular formula is C10H17N3S. The highest BCUT2D eigenvalue weighted by molar-refractivity contribution is 7.09. The minimum absolute atomic E-state index is 0.434. The molecule has 14 heavy (non-hydrogen) atoms. The Morgan fingerprint density at radius 2 is 2.29 bits per heavy atom. The predicted molar refractivity (Wildman–Crippen MR) is 59.8 cm³/mol. The van der Waals surface area contributed by atoms with E-state index in [0.717, 1.165) is 23.9 Å². The van der Waals surface area contributed by atoms with Crippen molar-refractivity contribution >= 4 is 16.7 Å². The minimum atomic E-state index is 0.434. The van der Waals surface area contributed by atoms with Crippen LogP contribution in [0.2, 0.25) is 0 Å². The number of rotatable bonds is 4. The van der Waals surface area contributed by atoms with Gasteiger partial charge in [0.2, 0.25) is 5.13 Å². The molecule has 4 heteroatoms. The molecule has 0 aromatic carbocycles. The molecular weight excluding hydrogens is 194 g/mol. The van der Waals surface area contributed by atoms with Crippen LogP contribution in [0.15, 0.2) is 0 Å². The fourth-order valence-electron chi connectivity index (χ4n) is 1.59. The smallest absolute Gasteiger partial charge is 0.202 e. The minimum Gasteiger partial charge on any atom is -0.360 e. The summed E-state index contributed by atoms with van der Waals surface area (Å²) in [6, 6.07) is 0. The summed E-state index contributed by atoms with van der Waals surface area (Å²) in [5, 5.41) is 4.25. The molecule has 1 aromatic heterocycles. The van der Waals surface area contributed by atoms with Crippen LogP contribution in [0, 0.1) is 5.41 Å². The van der Waals surface area contributed by atoms with Crippen LogP contribution in [0.25, 0.3) is 0 Å². The maximum absolute atomic E-state index is 4.50. The van der Waals surface area contributed by atoms with Crippen molar-refractivity contribution in [2.45, 2.75) is 39.5 Å². The van der Waals surface area contributed by atoms with Crippen LogP contribution in [0.5, 0.6) is 0 Å². The van der Waals surface area contributed by atoms with E-state index < -0.39 is 0 Å². The topological polar surface area (TPSA) is 37.8 Å². The third-order valence-corrected chi connectivity index (χ3v) is 3.48. The maximum Gasteiger partial charge on any atom is 0.202 e. The van der Waals surface area contributed by atoms with Gasteiger partial charge in [0.1, 0.15) is 5.82 Å². The Morgan fingerprint density at radius 1 is 1.57 bits per heavy atom. The Hall–Kier alpha value is -0.640. The molecule has 0 spiro atoms. The molecule has 3 nitrogen and oxygen atoms in total. The SMILES string of the molecule is CCCNc1nc(C2CC2(C)C)ns1. The zero-order valence-electron chi connectivity index (χ0n) is 9.00. The normalized spacial score (nSPS) is 23.5. The van der Waals surface area contributed by atoms with Crippen molar-refractivity contribution < 1.29 is 0 Å². The molecule has 1 aliphatic carbocycles. The molecule has 1 aromatic rings. The van der Waals surface area contributed by atoms with E-state index >= 15 is 0 Å². The van der Waals surface area contributed by atoms with Crippen LogP contribution < -0.4 is 5.32 Å². The molecule has 1 atom stereocenters. The summed E-state index contributed by atoms with van der Waals surface area (Å²) in [7, 11) is 0. The number of anilines is 1. The summed E-state index contributed by atoms with van der Waals surface area (Å²) in [4.78, 5) is 4.50. The van der Waals surface area contributed by atoms with Crippen LogP contribution in [-0.4, -0.2) is 15.9 Å². The molecule has 1 saturated carbocycles. The molecule has 1 heterocycles. The lowest BCUT2D eigenvalue weighted by Crippen LogP contribution is -1.99. The fourth-order valence-corrected chi connectivity index (χ4v) is 2.24. The Labute approximate surface area is 89.1 Å². The van der Waals surface area contributed by atoms with Crippen molar-refractivity contribution in [3.05, 3.63) is 5.82 Å². The first-order valence-electron chi connectivity index (χ1n) is 5.21. The number of aromatic nitrogens is 2. The van der Waals surface area contributed by atoms with Crippen molar-refractivity contribution in [2.75, 3.05) is 11.9 Å². The highest BCUT2D eigenvalue weighted by Crippen LogP contribution is 2.57. The Morgan fingerprint density at radius 3 is 2.86 bits per heavy atom. The number of nitrogens with zero attached hydrogens (tertiary/aromatic N) is 2. The van der Waals surface area contributed by atoms with Crippen molar-refractivity contribution in [3.8, 4) is 0 Å². The summed E-state index contributed by atoms with van der Waals surface area (Å²) in [5.41, 5.74) is 0.434. The van der Waals surface area contributed by atoms with Crippen LogP contribution >= 0.6 is 11.5 Å². The van der Waals surface area contributed by atoms with Crippen molar-refractivity contribution in [2.24, 2.45) is 5.41 Å². The molecule has 1 fully saturated rings. The molecule has 0 amide bonds. The quantitative estimate of drug-likeness (QED) is 0.832. The van der Waals surface area contributed by atoms with Crippen molar-refractivity contribution in [1.29, 1.82) is 0 Å². The van der Waals surface area contributed by atoms with E-state index in [1.807, 2.05) is 0 Å². The lowest BCUT2D eigenvalue weighted by molar-refractivity contribution is 0.612. The first-order chi connectivity index (χ1) is 6.63. The summed E-state index contributed by atoms with van der Waals surface area (Å²) in [6.45, 7) is 7.69. The molecule has 0 aliphatic heterocycles. The van der Waals surface area contributed by atoms with Gasteiger partial charge in [0.15, 0.2) is 0 Å². The van der Waals surface area contributed by atoms with Gasteiger partial charge >= 0.3 is 0 Å². The Balaban J connectivity index is 1.97. The van der Waals surface area contributed by atoms with E-state index in [1.165, 1.54) is 18.0 Å². The Bertz CT molecular complexity index is 319. The number of hydrogen-bond acceptors (Lipinski definition) is 4. The summed E-state index contributed by atoms with van der Waals surface area (Å²) >= 11 is 1.49. The third-order valence-electron chi connectivity index (χ3n) is 2.79. The highest BCUT2D eigenvalue weighted by atomic mass is 32.1. The van der Waals surface area contributed by atoms with E-state index in [4.69, 9.17) is 0 Å². The molecule has 1 aliphatic rings. The molecule has 2 rings (SSSR count). The van der Waals surface area contributed by atoms with Crippen LogP contribution in [-0.2, 0) is 0 Å². The first-order valence-corrected chi connectivity index (χ1v) is 5.98. The Kier molecular flexibility index (Phi) is 2.47. The van der Waals surface area contributed by atoms with Gasteiger partial charge in [-0.05, 0) is 18.3 Å². The molecule has 78 valence electrons. The van der Waals surface area contributed by atoms with Crippen molar-refractivity contribution in [1.82, 2.24) is 9.36 Å². The number of hydrogen-bond donors (Lipinski definition) is 1. The zero-order chi connectivity index (χ0) is 10.2. The van der Waals surface area contributed by atoms with E-state index in [0.29, 0.717) is 11.3 Å². The van der Waals surface area contributed by atoms with E-state index in [1.54, 1.807) is 0 Å². The lowest BCUT2D eigenvalue weighted by atomic mass is 10.1. The molecule has 0 bridgehead atoms. The second kappa shape index (κ2) is 3.50. The van der Waals surface area contributed by atoms with Gasteiger partial charge in [-0.15, -0.1) is 0 Å². The van der Waals surface area contributed by atoms with Crippen LogP contribution in [0.1, 0.15) is 45.4 Å². The second-order valence-electron chi connectivity index (χ2n) is 4.63. The van der Waals surface area contributed by atoms with Gasteiger partial charge in [-0.3, -0.25) is 0 Å². The summed E-state index contributed by atoms with van der Waals surface area (Å²) < 4.78 is 4.39. The van der Waals surface area contributed by atoms with E-state index in [2.05, 4.69) is 35.4 Å². The zero-order valence-corrected chi connectivity index (χ0v) is 9.82. The third kappa shape index (κ3) is 1.90. The fraction of sp³-hybridized carbons (Fsp3) is 0.800. The largest absolute Gasteiger partial charge is 0.360 e. The maximum atomic E-state index is 4.50. The summed E-state index contributed by atoms with van der Waals surface area (Å²) in [5.74, 6) is 1.63. The lowest BCUT2D eigenvalue weighted by Gasteiger charge is -1.98. The number of nitrogens with one attached hydrogen (secondary N) is 1. The van der Waals surface area contributed by atoms with Gasteiger partial charge < -0.3 is 5.32 Å². The van der Waals surface area contributed by atoms with Crippen LogP contribution in [0.3, 0.4) is 0 Å². The average Bonchev–Trinajstić information content (AvgIpc) is 2.63. The van der Waals surface area contributed by atoms with E-state index in [9.17, 15) is 0 Å². The summed E-state index contributed by atoms with van der Waals surface area (Å²) in [6.07, 6.45) is 2.36. The van der Waals surface area contributed by atoms with Gasteiger partial charge in [0, 0.05) is 24.0 Å². The van der Waals surface area contributed by atoms with Gasteiger partial charge in [-0.25, -0.2) is 4.98 Å². The highest BCUT2D eigenvalue weighted by Gasteiger charge is 2.49. The van der Waals surface area contributed by atoms with Gasteiger partial charge in [0.05, 0.1) is 0 Å². The molecule has 0 saturated heterocycles. The molecule has 1 unspecified atom stereocenters. The standard InChI is InChI=1S/C10H17N3S/c1-4-5-11-9-12-8(13-14-9)7-6-10(7,2)3/h7H,4-6H2,1-3H3,(H,11,12,13). The van der Waals surface area contributed by atoms with Gasteiger partial charge in [-0.1, -0.05) is 20.8 Å². The second-order valence-corrected chi connectivity index (χ2v) is 5.38. The average molecular weight is 211 g/mol. The van der Waals surface area contributed by atoms with Crippen LogP contribution in [0.4, 0.5) is 5.13 Å². The van der Waals surface area contributed by atoms with Gasteiger partial charge in [-0.2, -0.15) is 4.37 Å². The van der Waals surface area contributed by atoms with Gasteiger partial charge in [0.25, 0.3) is 0 Å². The first kappa shape index (κ1) is 9.90. The predicted octanol–water partition coefficient (Wildman–Crippen LogP) is 2.87. The van der Waals surface area contributed by atoms with E-state index in [-0.39, 0.29) is 0 Å². The van der Waals surface area contributed by atoms with Crippen molar-refractivity contribution in [3.63, 3.8) is 0 Å². The molecule has 1 N–H and O–H groups in total. The monoisotopic (exact) mass is 211 g/mol.